The van der Waals surface area contributed by atoms with E-state index in [2.05, 4.69) is 25.5 Å². The molecule has 0 spiro atoms. The van der Waals surface area contributed by atoms with Gasteiger partial charge in [-0.25, -0.2) is 9.97 Å². The number of nitrogens with one attached hydrogen (secondary N) is 2. The molecule has 1 aromatic rings. The molecule has 114 valence electrons. The number of anilines is 1. The van der Waals surface area contributed by atoms with Crippen LogP contribution in [0.1, 0.15) is 32.1 Å². The quantitative estimate of drug-likeness (QED) is 0.807. The Morgan fingerprint density at radius 2 is 2.05 bits per heavy atom. The van der Waals surface area contributed by atoms with Crippen molar-refractivity contribution < 1.29 is 4.79 Å². The van der Waals surface area contributed by atoms with Crippen LogP contribution in [0.3, 0.4) is 0 Å². The van der Waals surface area contributed by atoms with Crippen molar-refractivity contribution >= 4 is 11.9 Å². The third kappa shape index (κ3) is 4.39. The van der Waals surface area contributed by atoms with Gasteiger partial charge in [0, 0.05) is 50.5 Å². The molecule has 1 saturated carbocycles. The molecule has 3 rings (SSSR count). The van der Waals surface area contributed by atoms with Crippen molar-refractivity contribution in [2.24, 2.45) is 0 Å². The van der Waals surface area contributed by atoms with Gasteiger partial charge in [0.05, 0.1) is 0 Å². The van der Waals surface area contributed by atoms with Crippen molar-refractivity contribution in [1.82, 2.24) is 20.6 Å². The lowest BCUT2D eigenvalue weighted by atomic mass is 10.1. The fourth-order valence-electron chi connectivity index (χ4n) is 2.71. The van der Waals surface area contributed by atoms with Gasteiger partial charge in [0.1, 0.15) is 0 Å². The Labute approximate surface area is 125 Å². The Morgan fingerprint density at radius 3 is 2.81 bits per heavy atom. The van der Waals surface area contributed by atoms with Crippen LogP contribution in [0.5, 0.6) is 0 Å². The van der Waals surface area contributed by atoms with Crippen molar-refractivity contribution in [1.29, 1.82) is 0 Å². The highest BCUT2D eigenvalue weighted by atomic mass is 16.1. The summed E-state index contributed by atoms with van der Waals surface area (Å²) in [4.78, 5) is 22.7. The first kappa shape index (κ1) is 14.3. The average Bonchev–Trinajstić information content (AvgIpc) is 3.33. The number of rotatable bonds is 6. The summed E-state index contributed by atoms with van der Waals surface area (Å²) in [6.07, 6.45) is 8.69. The minimum absolute atomic E-state index is 0.143. The molecule has 6 heteroatoms. The Kier molecular flexibility index (Phi) is 4.65. The number of nitrogens with zero attached hydrogens (tertiary/aromatic N) is 3. The highest BCUT2D eigenvalue weighted by Gasteiger charge is 2.23. The van der Waals surface area contributed by atoms with Gasteiger partial charge in [-0.1, -0.05) is 0 Å². The molecule has 21 heavy (non-hydrogen) atoms. The van der Waals surface area contributed by atoms with Gasteiger partial charge in [-0.2, -0.15) is 0 Å². The number of carbonyl (C=O) groups is 1. The highest BCUT2D eigenvalue weighted by molar-refractivity contribution is 5.76. The molecule has 6 nitrogen and oxygen atoms in total. The number of hydrogen-bond acceptors (Lipinski definition) is 5. The molecule has 1 unspecified atom stereocenters. The minimum atomic E-state index is 0.143. The van der Waals surface area contributed by atoms with Crippen LogP contribution in [0, 0.1) is 0 Å². The number of hydrogen-bond donors (Lipinski definition) is 2. The van der Waals surface area contributed by atoms with Crippen LogP contribution in [0.15, 0.2) is 18.5 Å². The lowest BCUT2D eigenvalue weighted by Crippen LogP contribution is -2.48. The van der Waals surface area contributed by atoms with E-state index in [4.69, 9.17) is 0 Å². The lowest BCUT2D eigenvalue weighted by molar-refractivity contribution is -0.121. The van der Waals surface area contributed by atoms with Crippen LogP contribution < -0.4 is 15.5 Å². The maximum absolute atomic E-state index is 12.0. The van der Waals surface area contributed by atoms with Crippen molar-refractivity contribution in [3.63, 3.8) is 0 Å². The van der Waals surface area contributed by atoms with E-state index in [0.717, 1.165) is 38.4 Å². The first-order valence-corrected chi connectivity index (χ1v) is 7.86. The zero-order chi connectivity index (χ0) is 14.5. The molecule has 2 aliphatic rings. The maximum Gasteiger partial charge on any atom is 0.225 e. The van der Waals surface area contributed by atoms with E-state index in [0.29, 0.717) is 12.5 Å². The molecular formula is C15H23N5O. The SMILES string of the molecule is O=C(CCNC1CC1)NC1CCCN(c2ncccn2)C1. The standard InChI is InChI=1S/C15H23N5O/c21-14(6-9-16-12-4-5-12)19-13-3-1-10-20(11-13)15-17-7-2-8-18-15/h2,7-8,12-13,16H,1,3-6,9-11H2,(H,19,21). The fourth-order valence-corrected chi connectivity index (χ4v) is 2.71. The van der Waals surface area contributed by atoms with E-state index in [1.807, 2.05) is 6.07 Å². The molecule has 1 aromatic heterocycles. The summed E-state index contributed by atoms with van der Waals surface area (Å²) in [6.45, 7) is 2.54. The number of carbonyl (C=O) groups excluding carboxylic acids is 1. The highest BCUT2D eigenvalue weighted by Crippen LogP contribution is 2.18. The van der Waals surface area contributed by atoms with Gasteiger partial charge in [0.15, 0.2) is 0 Å². The van der Waals surface area contributed by atoms with Gasteiger partial charge in [-0.05, 0) is 31.7 Å². The molecule has 2 N–H and O–H groups in total. The Bertz CT molecular complexity index is 462. The summed E-state index contributed by atoms with van der Waals surface area (Å²) in [6, 6.07) is 2.69. The molecule has 1 amide bonds. The summed E-state index contributed by atoms with van der Waals surface area (Å²) < 4.78 is 0. The minimum Gasteiger partial charge on any atom is -0.352 e. The molecular weight excluding hydrogens is 266 g/mol. The summed E-state index contributed by atoms with van der Waals surface area (Å²) in [5, 5.41) is 6.50. The van der Waals surface area contributed by atoms with Crippen molar-refractivity contribution in [2.75, 3.05) is 24.5 Å². The zero-order valence-corrected chi connectivity index (χ0v) is 12.3. The van der Waals surface area contributed by atoms with E-state index < -0.39 is 0 Å². The predicted molar refractivity (Wildman–Crippen MR) is 81.1 cm³/mol. The van der Waals surface area contributed by atoms with Crippen LogP contribution in [-0.4, -0.2) is 47.6 Å². The molecule has 2 fully saturated rings. The fraction of sp³-hybridized carbons (Fsp3) is 0.667. The Hall–Kier alpha value is -1.69. The molecule has 0 aromatic carbocycles. The van der Waals surface area contributed by atoms with Gasteiger partial charge >= 0.3 is 0 Å². The molecule has 1 aliphatic carbocycles. The van der Waals surface area contributed by atoms with E-state index in [9.17, 15) is 4.79 Å². The smallest absolute Gasteiger partial charge is 0.225 e. The van der Waals surface area contributed by atoms with Gasteiger partial charge in [0.2, 0.25) is 11.9 Å². The van der Waals surface area contributed by atoms with Crippen LogP contribution in [0.25, 0.3) is 0 Å². The predicted octanol–water partition coefficient (Wildman–Crippen LogP) is 0.704. The molecule has 1 saturated heterocycles. The molecule has 0 radical (unpaired) electrons. The number of aromatic nitrogens is 2. The normalized spacial score (nSPS) is 22.1. The molecule has 2 heterocycles. The van der Waals surface area contributed by atoms with Gasteiger partial charge in [0.25, 0.3) is 0 Å². The number of piperidine rings is 1. The van der Waals surface area contributed by atoms with E-state index in [1.54, 1.807) is 12.4 Å². The van der Waals surface area contributed by atoms with Crippen LogP contribution in [-0.2, 0) is 4.79 Å². The van der Waals surface area contributed by atoms with Crippen molar-refractivity contribution in [2.45, 2.75) is 44.2 Å². The maximum atomic E-state index is 12.0. The van der Waals surface area contributed by atoms with Gasteiger partial charge < -0.3 is 15.5 Å². The summed E-state index contributed by atoms with van der Waals surface area (Å²) >= 11 is 0. The summed E-state index contributed by atoms with van der Waals surface area (Å²) in [7, 11) is 0. The Balaban J connectivity index is 1.43. The second-order valence-corrected chi connectivity index (χ2v) is 5.88. The van der Waals surface area contributed by atoms with Crippen molar-refractivity contribution in [3.8, 4) is 0 Å². The molecule has 0 bridgehead atoms. The third-order valence-electron chi connectivity index (χ3n) is 3.98. The van der Waals surface area contributed by atoms with E-state index in [-0.39, 0.29) is 11.9 Å². The number of amides is 1. The van der Waals surface area contributed by atoms with Crippen LogP contribution in [0.2, 0.25) is 0 Å². The third-order valence-corrected chi connectivity index (χ3v) is 3.98. The van der Waals surface area contributed by atoms with Crippen LogP contribution >= 0.6 is 0 Å². The lowest BCUT2D eigenvalue weighted by Gasteiger charge is -2.33. The van der Waals surface area contributed by atoms with Gasteiger partial charge in [-0.15, -0.1) is 0 Å². The second-order valence-electron chi connectivity index (χ2n) is 5.88. The summed E-state index contributed by atoms with van der Waals surface area (Å²) in [5.41, 5.74) is 0. The molecule has 1 atom stereocenters. The summed E-state index contributed by atoms with van der Waals surface area (Å²) in [5.74, 6) is 0.899. The molecule has 1 aliphatic heterocycles. The Morgan fingerprint density at radius 1 is 1.24 bits per heavy atom. The topological polar surface area (TPSA) is 70.2 Å². The average molecular weight is 289 g/mol. The van der Waals surface area contributed by atoms with Gasteiger partial charge in [-0.3, -0.25) is 4.79 Å². The van der Waals surface area contributed by atoms with Crippen LogP contribution in [0.4, 0.5) is 5.95 Å². The largest absolute Gasteiger partial charge is 0.352 e. The second kappa shape index (κ2) is 6.85. The van der Waals surface area contributed by atoms with Crippen molar-refractivity contribution in [3.05, 3.63) is 18.5 Å². The zero-order valence-electron chi connectivity index (χ0n) is 12.3. The first-order chi connectivity index (χ1) is 10.3. The van der Waals surface area contributed by atoms with E-state index in [1.165, 1.54) is 12.8 Å². The monoisotopic (exact) mass is 289 g/mol. The first-order valence-electron chi connectivity index (χ1n) is 7.86. The van der Waals surface area contributed by atoms with E-state index >= 15 is 0 Å².